The molecule has 1 aliphatic heterocycles. The molecule has 4 nitrogen and oxygen atoms in total. The van der Waals surface area contributed by atoms with Gasteiger partial charge in [0.05, 0.1) is 12.2 Å². The van der Waals surface area contributed by atoms with Crippen LogP contribution in [0.5, 0.6) is 0 Å². The average Bonchev–Trinajstić information content (AvgIpc) is 2.74. The first kappa shape index (κ1) is 12.5. The van der Waals surface area contributed by atoms with Crippen molar-refractivity contribution in [1.82, 2.24) is 5.32 Å². The van der Waals surface area contributed by atoms with Gasteiger partial charge in [-0.25, -0.2) is 0 Å². The zero-order chi connectivity index (χ0) is 12.3. The molecule has 0 aliphatic carbocycles. The van der Waals surface area contributed by atoms with E-state index >= 15 is 0 Å². The minimum Gasteiger partial charge on any atom is -0.386 e. The number of hydrogen-bond donors (Lipinski definition) is 2. The quantitative estimate of drug-likeness (QED) is 0.885. The lowest BCUT2D eigenvalue weighted by molar-refractivity contribution is 0.0264. The SMILES string of the molecule is O=C(NC[C@@]1(O)CCOC1)c1ccccc1Br. The molecule has 1 aliphatic rings. The largest absolute Gasteiger partial charge is 0.386 e. The van der Waals surface area contributed by atoms with Gasteiger partial charge in [0, 0.05) is 24.0 Å². The Balaban J connectivity index is 1.96. The van der Waals surface area contributed by atoms with Crippen LogP contribution in [0.25, 0.3) is 0 Å². The Hall–Kier alpha value is -0.910. The second-order valence-corrected chi connectivity index (χ2v) is 5.04. The number of rotatable bonds is 3. The van der Waals surface area contributed by atoms with Crippen molar-refractivity contribution in [3.63, 3.8) is 0 Å². The Morgan fingerprint density at radius 2 is 2.29 bits per heavy atom. The number of carbonyl (C=O) groups excluding carboxylic acids is 1. The molecule has 1 amide bonds. The van der Waals surface area contributed by atoms with Gasteiger partial charge in [0.15, 0.2) is 0 Å². The first-order valence-electron chi connectivity index (χ1n) is 5.44. The highest BCUT2D eigenvalue weighted by molar-refractivity contribution is 9.10. The fourth-order valence-electron chi connectivity index (χ4n) is 1.72. The van der Waals surface area contributed by atoms with Gasteiger partial charge in [0.25, 0.3) is 5.91 Å². The summed E-state index contributed by atoms with van der Waals surface area (Å²) in [7, 11) is 0. The van der Waals surface area contributed by atoms with Crippen LogP contribution in [0.2, 0.25) is 0 Å². The third-order valence-corrected chi connectivity index (χ3v) is 3.47. The minimum atomic E-state index is -0.920. The van der Waals surface area contributed by atoms with Crippen LogP contribution < -0.4 is 5.32 Å². The van der Waals surface area contributed by atoms with E-state index in [0.29, 0.717) is 18.6 Å². The molecule has 0 bridgehead atoms. The monoisotopic (exact) mass is 299 g/mol. The molecule has 1 fully saturated rings. The lowest BCUT2D eigenvalue weighted by atomic mass is 10.0. The summed E-state index contributed by atoms with van der Waals surface area (Å²) >= 11 is 3.32. The van der Waals surface area contributed by atoms with Crippen LogP contribution in [0.3, 0.4) is 0 Å². The summed E-state index contributed by atoms with van der Waals surface area (Å²) in [5.74, 6) is -0.196. The van der Waals surface area contributed by atoms with Crippen LogP contribution in [0.1, 0.15) is 16.8 Å². The molecule has 17 heavy (non-hydrogen) atoms. The summed E-state index contributed by atoms with van der Waals surface area (Å²) in [4.78, 5) is 11.9. The van der Waals surface area contributed by atoms with Crippen LogP contribution in [0.4, 0.5) is 0 Å². The minimum absolute atomic E-state index is 0.196. The molecule has 1 atom stereocenters. The number of carbonyl (C=O) groups is 1. The van der Waals surface area contributed by atoms with E-state index in [1.807, 2.05) is 12.1 Å². The lowest BCUT2D eigenvalue weighted by Gasteiger charge is -2.20. The Kier molecular flexibility index (Phi) is 3.81. The van der Waals surface area contributed by atoms with Crippen LogP contribution in [-0.4, -0.2) is 36.4 Å². The van der Waals surface area contributed by atoms with Crippen LogP contribution >= 0.6 is 15.9 Å². The van der Waals surface area contributed by atoms with E-state index in [2.05, 4.69) is 21.2 Å². The second kappa shape index (κ2) is 5.16. The normalized spacial score (nSPS) is 23.6. The third kappa shape index (κ3) is 3.06. The van der Waals surface area contributed by atoms with E-state index in [1.165, 1.54) is 0 Å². The van der Waals surface area contributed by atoms with Crippen molar-refractivity contribution in [3.05, 3.63) is 34.3 Å². The summed E-state index contributed by atoms with van der Waals surface area (Å²) < 4.78 is 5.85. The second-order valence-electron chi connectivity index (χ2n) is 4.19. The van der Waals surface area contributed by atoms with Crippen LogP contribution in [0, 0.1) is 0 Å². The zero-order valence-electron chi connectivity index (χ0n) is 9.28. The van der Waals surface area contributed by atoms with Gasteiger partial charge in [-0.3, -0.25) is 4.79 Å². The van der Waals surface area contributed by atoms with Gasteiger partial charge in [0.2, 0.25) is 0 Å². The number of benzene rings is 1. The van der Waals surface area contributed by atoms with Gasteiger partial charge in [-0.1, -0.05) is 12.1 Å². The summed E-state index contributed by atoms with van der Waals surface area (Å²) in [6.45, 7) is 1.04. The summed E-state index contributed by atoms with van der Waals surface area (Å²) in [5.41, 5.74) is -0.355. The number of nitrogens with one attached hydrogen (secondary N) is 1. The molecule has 92 valence electrons. The maximum atomic E-state index is 11.9. The van der Waals surface area contributed by atoms with Gasteiger partial charge in [-0.2, -0.15) is 0 Å². The Morgan fingerprint density at radius 1 is 1.53 bits per heavy atom. The number of ether oxygens (including phenoxy) is 1. The van der Waals surface area contributed by atoms with Crippen molar-refractivity contribution in [2.75, 3.05) is 19.8 Å². The Morgan fingerprint density at radius 3 is 2.94 bits per heavy atom. The molecule has 0 unspecified atom stereocenters. The molecule has 1 heterocycles. The molecule has 0 saturated carbocycles. The molecule has 1 aromatic rings. The van der Waals surface area contributed by atoms with Gasteiger partial charge >= 0.3 is 0 Å². The van der Waals surface area contributed by atoms with Gasteiger partial charge in [0.1, 0.15) is 5.60 Å². The summed E-state index contributed by atoms with van der Waals surface area (Å²) in [6, 6.07) is 7.18. The van der Waals surface area contributed by atoms with Gasteiger partial charge in [-0.15, -0.1) is 0 Å². The maximum Gasteiger partial charge on any atom is 0.252 e. The standard InChI is InChI=1S/C12H14BrNO3/c13-10-4-2-1-3-9(10)11(15)14-7-12(16)5-6-17-8-12/h1-4,16H,5-8H2,(H,14,15)/t12-/m0/s1. The fraction of sp³-hybridized carbons (Fsp3) is 0.417. The van der Waals surface area contributed by atoms with Crippen molar-refractivity contribution in [1.29, 1.82) is 0 Å². The molecule has 0 aromatic heterocycles. The van der Waals surface area contributed by atoms with E-state index in [1.54, 1.807) is 12.1 Å². The fourth-order valence-corrected chi connectivity index (χ4v) is 2.19. The maximum absolute atomic E-state index is 11.9. The van der Waals surface area contributed by atoms with Crippen molar-refractivity contribution in [2.24, 2.45) is 0 Å². The highest BCUT2D eigenvalue weighted by Gasteiger charge is 2.32. The summed E-state index contributed by atoms with van der Waals surface area (Å²) in [6.07, 6.45) is 0.559. The number of aliphatic hydroxyl groups is 1. The molecule has 2 N–H and O–H groups in total. The van der Waals surface area contributed by atoms with Crippen molar-refractivity contribution in [3.8, 4) is 0 Å². The number of halogens is 1. The summed E-state index contributed by atoms with van der Waals surface area (Å²) in [5, 5.41) is 12.7. The zero-order valence-corrected chi connectivity index (χ0v) is 10.9. The van der Waals surface area contributed by atoms with Gasteiger partial charge in [-0.05, 0) is 28.1 Å². The van der Waals surface area contributed by atoms with E-state index in [0.717, 1.165) is 4.47 Å². The molecule has 5 heteroatoms. The number of amides is 1. The smallest absolute Gasteiger partial charge is 0.252 e. The Labute approximate surface area is 108 Å². The van der Waals surface area contributed by atoms with Crippen molar-refractivity contribution in [2.45, 2.75) is 12.0 Å². The van der Waals surface area contributed by atoms with Crippen LogP contribution in [0.15, 0.2) is 28.7 Å². The van der Waals surface area contributed by atoms with E-state index in [4.69, 9.17) is 4.74 Å². The molecule has 0 spiro atoms. The van der Waals surface area contributed by atoms with Crippen molar-refractivity contribution < 1.29 is 14.6 Å². The average molecular weight is 300 g/mol. The highest BCUT2D eigenvalue weighted by Crippen LogP contribution is 2.18. The molecular formula is C12H14BrNO3. The van der Waals surface area contributed by atoms with Gasteiger partial charge < -0.3 is 15.2 Å². The predicted molar refractivity (Wildman–Crippen MR) is 66.9 cm³/mol. The molecule has 1 saturated heterocycles. The van der Waals surface area contributed by atoms with E-state index in [9.17, 15) is 9.90 Å². The highest BCUT2D eigenvalue weighted by atomic mass is 79.9. The van der Waals surface area contributed by atoms with Crippen molar-refractivity contribution >= 4 is 21.8 Å². The predicted octanol–water partition coefficient (Wildman–Crippen LogP) is 1.33. The van der Waals surface area contributed by atoms with E-state index < -0.39 is 5.60 Å². The third-order valence-electron chi connectivity index (χ3n) is 2.78. The molecular weight excluding hydrogens is 286 g/mol. The molecule has 0 radical (unpaired) electrons. The molecule has 2 rings (SSSR count). The number of hydrogen-bond acceptors (Lipinski definition) is 3. The first-order valence-corrected chi connectivity index (χ1v) is 6.23. The lowest BCUT2D eigenvalue weighted by Crippen LogP contribution is -2.43. The van der Waals surface area contributed by atoms with E-state index in [-0.39, 0.29) is 19.1 Å². The first-order chi connectivity index (χ1) is 8.11. The molecule has 1 aromatic carbocycles. The Bertz CT molecular complexity index is 416. The van der Waals surface area contributed by atoms with Crippen LogP contribution in [-0.2, 0) is 4.74 Å². The topological polar surface area (TPSA) is 58.6 Å².